The third kappa shape index (κ3) is 1.71. The second-order valence-electron chi connectivity index (χ2n) is 5.43. The van der Waals surface area contributed by atoms with Gasteiger partial charge in [-0.3, -0.25) is 9.89 Å². The summed E-state index contributed by atoms with van der Waals surface area (Å²) >= 11 is 1.67. The van der Waals surface area contributed by atoms with E-state index >= 15 is 0 Å². The molecule has 20 heavy (non-hydrogen) atoms. The third-order valence-corrected chi connectivity index (χ3v) is 5.09. The molecular weight excluding hydrogens is 272 g/mol. The van der Waals surface area contributed by atoms with Crippen molar-refractivity contribution >= 4 is 21.6 Å². The Bertz CT molecular complexity index is 831. The monoisotopic (exact) mass is 286 g/mol. The van der Waals surface area contributed by atoms with Crippen LogP contribution >= 0.6 is 11.3 Å². The van der Waals surface area contributed by atoms with E-state index < -0.39 is 0 Å². The van der Waals surface area contributed by atoms with E-state index in [1.165, 1.54) is 10.4 Å². The fourth-order valence-electron chi connectivity index (χ4n) is 2.87. The summed E-state index contributed by atoms with van der Waals surface area (Å²) in [6.07, 6.45) is 6.62. The molecule has 0 amide bonds. The molecule has 3 aromatic rings. The lowest BCUT2D eigenvalue weighted by molar-refractivity contribution is 0.509. The number of rotatable bonds is 1. The zero-order chi connectivity index (χ0) is 13.7. The highest BCUT2D eigenvalue weighted by molar-refractivity contribution is 7.18. The predicted octanol–water partition coefficient (Wildman–Crippen LogP) is 2.50. The van der Waals surface area contributed by atoms with Crippen LogP contribution in [0.2, 0.25) is 0 Å². The van der Waals surface area contributed by atoms with Crippen molar-refractivity contribution in [1.82, 2.24) is 20.2 Å². The van der Waals surface area contributed by atoms with Gasteiger partial charge < -0.3 is 4.98 Å². The molecule has 4 rings (SSSR count). The summed E-state index contributed by atoms with van der Waals surface area (Å²) in [4.78, 5) is 22.1. The van der Waals surface area contributed by atoms with Gasteiger partial charge in [-0.15, -0.1) is 11.3 Å². The molecule has 0 bridgehead atoms. The first-order valence-corrected chi connectivity index (χ1v) is 7.57. The number of fused-ring (bicyclic) bond motifs is 3. The van der Waals surface area contributed by atoms with Gasteiger partial charge in [-0.05, 0) is 30.7 Å². The van der Waals surface area contributed by atoms with Crippen molar-refractivity contribution in [2.24, 2.45) is 5.92 Å². The van der Waals surface area contributed by atoms with Crippen molar-refractivity contribution in [2.45, 2.75) is 26.2 Å². The fourth-order valence-corrected chi connectivity index (χ4v) is 4.25. The Morgan fingerprint density at radius 2 is 2.35 bits per heavy atom. The predicted molar refractivity (Wildman–Crippen MR) is 79.0 cm³/mol. The molecule has 1 atom stereocenters. The van der Waals surface area contributed by atoms with Crippen molar-refractivity contribution < 1.29 is 0 Å². The zero-order valence-electron chi connectivity index (χ0n) is 11.1. The van der Waals surface area contributed by atoms with E-state index in [0.29, 0.717) is 11.7 Å². The molecule has 0 radical (unpaired) electrons. The number of hydrogen-bond donors (Lipinski definition) is 2. The molecule has 6 heteroatoms. The number of aromatic nitrogens is 4. The Hall–Kier alpha value is -1.95. The Labute approximate surface area is 119 Å². The van der Waals surface area contributed by atoms with Gasteiger partial charge in [0.15, 0.2) is 0 Å². The van der Waals surface area contributed by atoms with E-state index in [1.54, 1.807) is 23.7 Å². The van der Waals surface area contributed by atoms with Crippen LogP contribution in [0.1, 0.15) is 23.8 Å². The van der Waals surface area contributed by atoms with Gasteiger partial charge in [0, 0.05) is 11.1 Å². The van der Waals surface area contributed by atoms with Gasteiger partial charge in [0.2, 0.25) is 0 Å². The van der Waals surface area contributed by atoms with Crippen LogP contribution in [0.3, 0.4) is 0 Å². The molecule has 3 heterocycles. The van der Waals surface area contributed by atoms with E-state index in [-0.39, 0.29) is 5.56 Å². The van der Waals surface area contributed by atoms with Crippen LogP contribution in [0.5, 0.6) is 0 Å². The molecule has 0 unspecified atom stereocenters. The average Bonchev–Trinajstić information content (AvgIpc) is 3.04. The molecule has 0 saturated heterocycles. The number of hydrogen-bond acceptors (Lipinski definition) is 4. The fraction of sp³-hybridized carbons (Fsp3) is 0.357. The summed E-state index contributed by atoms with van der Waals surface area (Å²) in [7, 11) is 0. The normalized spacial score (nSPS) is 18.4. The highest BCUT2D eigenvalue weighted by Crippen LogP contribution is 2.36. The highest BCUT2D eigenvalue weighted by Gasteiger charge is 2.23. The molecule has 0 aromatic carbocycles. The molecule has 2 N–H and O–H groups in total. The van der Waals surface area contributed by atoms with Gasteiger partial charge in [0.25, 0.3) is 5.56 Å². The lowest BCUT2D eigenvalue weighted by Gasteiger charge is -2.17. The maximum absolute atomic E-state index is 12.4. The number of aromatic amines is 2. The van der Waals surface area contributed by atoms with Gasteiger partial charge in [0.1, 0.15) is 10.7 Å². The standard InChI is InChI=1S/C14H14N4OS/c1-7-2-3-9-10(4-7)20-14-11(9)13(19)17-12(18-14)8-5-15-16-6-8/h5-7H,2-4H2,1H3,(H,15,16)(H,17,18,19)/t7-/m0/s1. The maximum atomic E-state index is 12.4. The first kappa shape index (κ1) is 11.8. The summed E-state index contributed by atoms with van der Waals surface area (Å²) in [5, 5.41) is 7.44. The molecule has 1 aliphatic rings. The number of nitrogens with one attached hydrogen (secondary N) is 2. The van der Waals surface area contributed by atoms with E-state index in [2.05, 4.69) is 27.1 Å². The Morgan fingerprint density at radius 3 is 3.15 bits per heavy atom. The molecule has 3 aromatic heterocycles. The second-order valence-corrected chi connectivity index (χ2v) is 6.52. The smallest absolute Gasteiger partial charge is 0.260 e. The van der Waals surface area contributed by atoms with Gasteiger partial charge >= 0.3 is 0 Å². The summed E-state index contributed by atoms with van der Waals surface area (Å²) < 4.78 is 0. The Kier molecular flexibility index (Phi) is 2.53. The van der Waals surface area contributed by atoms with Crippen molar-refractivity contribution in [3.63, 3.8) is 0 Å². The van der Waals surface area contributed by atoms with Crippen LogP contribution in [0.4, 0.5) is 0 Å². The minimum absolute atomic E-state index is 0.0294. The maximum Gasteiger partial charge on any atom is 0.260 e. The number of thiophene rings is 1. The highest BCUT2D eigenvalue weighted by atomic mass is 32.1. The van der Waals surface area contributed by atoms with E-state index in [0.717, 1.165) is 35.0 Å². The third-order valence-electron chi connectivity index (χ3n) is 3.94. The van der Waals surface area contributed by atoms with E-state index in [4.69, 9.17) is 0 Å². The molecule has 1 aliphatic carbocycles. The van der Waals surface area contributed by atoms with Crippen LogP contribution in [0, 0.1) is 5.92 Å². The van der Waals surface area contributed by atoms with Crippen molar-refractivity contribution in [3.8, 4) is 11.4 Å². The second kappa shape index (κ2) is 4.28. The SMILES string of the molecule is C[C@H]1CCc2c(sc3nc(-c4cn[nH]c4)[nH]c(=O)c23)C1. The number of H-pyrrole nitrogens is 2. The van der Waals surface area contributed by atoms with Crippen LogP contribution in [-0.4, -0.2) is 20.2 Å². The summed E-state index contributed by atoms with van der Waals surface area (Å²) in [6, 6.07) is 0. The van der Waals surface area contributed by atoms with Crippen molar-refractivity contribution in [1.29, 1.82) is 0 Å². The van der Waals surface area contributed by atoms with Crippen LogP contribution < -0.4 is 5.56 Å². The zero-order valence-corrected chi connectivity index (χ0v) is 11.9. The Morgan fingerprint density at radius 1 is 1.45 bits per heavy atom. The number of aryl methyl sites for hydroxylation is 1. The summed E-state index contributed by atoms with van der Waals surface area (Å²) in [5.74, 6) is 1.28. The Balaban J connectivity index is 1.96. The molecular formula is C14H14N4OS. The first-order valence-electron chi connectivity index (χ1n) is 6.76. The topological polar surface area (TPSA) is 74.4 Å². The number of nitrogens with zero attached hydrogens (tertiary/aromatic N) is 2. The summed E-state index contributed by atoms with van der Waals surface area (Å²) in [5.41, 5.74) is 2.00. The van der Waals surface area contributed by atoms with Gasteiger partial charge in [0.05, 0.1) is 17.1 Å². The van der Waals surface area contributed by atoms with Gasteiger partial charge in [-0.2, -0.15) is 5.10 Å². The molecule has 0 aliphatic heterocycles. The lowest BCUT2D eigenvalue weighted by atomic mass is 9.89. The molecule has 0 saturated carbocycles. The molecule has 0 fully saturated rings. The summed E-state index contributed by atoms with van der Waals surface area (Å²) in [6.45, 7) is 2.27. The quantitative estimate of drug-likeness (QED) is 0.721. The van der Waals surface area contributed by atoms with Gasteiger partial charge in [-0.1, -0.05) is 6.92 Å². The molecule has 5 nitrogen and oxygen atoms in total. The lowest BCUT2D eigenvalue weighted by Crippen LogP contribution is -2.13. The van der Waals surface area contributed by atoms with Crippen LogP contribution in [-0.2, 0) is 12.8 Å². The van der Waals surface area contributed by atoms with Crippen molar-refractivity contribution in [3.05, 3.63) is 33.2 Å². The first-order chi connectivity index (χ1) is 9.72. The van der Waals surface area contributed by atoms with E-state index in [9.17, 15) is 4.79 Å². The average molecular weight is 286 g/mol. The van der Waals surface area contributed by atoms with E-state index in [1.807, 2.05) is 0 Å². The van der Waals surface area contributed by atoms with Crippen LogP contribution in [0.25, 0.3) is 21.6 Å². The molecule has 0 spiro atoms. The van der Waals surface area contributed by atoms with Crippen LogP contribution in [0.15, 0.2) is 17.2 Å². The van der Waals surface area contributed by atoms with Gasteiger partial charge in [-0.25, -0.2) is 4.98 Å². The molecule has 102 valence electrons. The minimum atomic E-state index is -0.0294. The largest absolute Gasteiger partial charge is 0.306 e. The minimum Gasteiger partial charge on any atom is -0.306 e. The van der Waals surface area contributed by atoms with Crippen molar-refractivity contribution in [2.75, 3.05) is 0 Å².